The predicted molar refractivity (Wildman–Crippen MR) is 81.8 cm³/mol. The van der Waals surface area contributed by atoms with Crippen LogP contribution in [0, 0.1) is 12.7 Å². The van der Waals surface area contributed by atoms with Crippen LogP contribution in [0.4, 0.5) is 10.1 Å². The van der Waals surface area contributed by atoms with Gasteiger partial charge in [-0.05, 0) is 50.5 Å². The molecule has 1 aliphatic rings. The summed E-state index contributed by atoms with van der Waals surface area (Å²) < 4.78 is 18.9. The number of halogens is 1. The second-order valence-corrected chi connectivity index (χ2v) is 5.86. The van der Waals surface area contributed by atoms with Crippen LogP contribution >= 0.6 is 0 Å². The third kappa shape index (κ3) is 3.96. The summed E-state index contributed by atoms with van der Waals surface area (Å²) in [6.45, 7) is 4.03. The van der Waals surface area contributed by atoms with E-state index in [1.54, 1.807) is 0 Å². The molecule has 116 valence electrons. The van der Waals surface area contributed by atoms with Crippen molar-refractivity contribution in [1.29, 1.82) is 0 Å². The highest BCUT2D eigenvalue weighted by molar-refractivity contribution is 5.84. The van der Waals surface area contributed by atoms with E-state index in [1.165, 1.54) is 12.1 Å². The molecule has 21 heavy (non-hydrogen) atoms. The van der Waals surface area contributed by atoms with Gasteiger partial charge in [-0.15, -0.1) is 0 Å². The van der Waals surface area contributed by atoms with E-state index in [0.29, 0.717) is 12.3 Å². The number of hydrogen-bond donors (Lipinski definition) is 1. The molecule has 0 saturated heterocycles. The Bertz CT molecular complexity index is 473. The summed E-state index contributed by atoms with van der Waals surface area (Å²) in [6.07, 6.45) is 5.71. The molecule has 0 radical (unpaired) electrons. The van der Waals surface area contributed by atoms with Gasteiger partial charge in [-0.2, -0.15) is 0 Å². The highest BCUT2D eigenvalue weighted by atomic mass is 19.1. The molecule has 0 aromatic heterocycles. The maximum absolute atomic E-state index is 13.6. The molecule has 1 fully saturated rings. The van der Waals surface area contributed by atoms with Crippen molar-refractivity contribution in [3.05, 3.63) is 29.6 Å². The Morgan fingerprint density at radius 1 is 1.24 bits per heavy atom. The monoisotopic (exact) mass is 293 g/mol. The number of anilines is 1. The van der Waals surface area contributed by atoms with Crippen molar-refractivity contribution in [3.8, 4) is 0 Å². The fraction of sp³-hybridized carbons (Fsp3) is 0.588. The lowest BCUT2D eigenvalue weighted by atomic mass is 9.89. The molecule has 1 N–H and O–H groups in total. The summed E-state index contributed by atoms with van der Waals surface area (Å²) in [4.78, 5) is 12.5. The van der Waals surface area contributed by atoms with Crippen LogP contribution in [-0.2, 0) is 9.53 Å². The van der Waals surface area contributed by atoms with E-state index in [9.17, 15) is 9.18 Å². The molecule has 1 aromatic carbocycles. The number of carbonyl (C=O) groups excluding carboxylic acids is 1. The molecule has 0 bridgehead atoms. The van der Waals surface area contributed by atoms with E-state index in [0.717, 1.165) is 44.1 Å². The number of nitrogens with one attached hydrogen (secondary N) is 1. The number of rotatable bonds is 4. The normalized spacial score (nSPS) is 17.9. The van der Waals surface area contributed by atoms with Crippen molar-refractivity contribution < 1.29 is 13.9 Å². The van der Waals surface area contributed by atoms with Gasteiger partial charge < -0.3 is 10.1 Å². The van der Waals surface area contributed by atoms with Crippen molar-refractivity contribution >= 4 is 11.7 Å². The summed E-state index contributed by atoms with van der Waals surface area (Å²) in [7, 11) is 0. The molecule has 1 aromatic rings. The maximum Gasteiger partial charge on any atom is 0.331 e. The first-order valence-electron chi connectivity index (χ1n) is 7.78. The zero-order chi connectivity index (χ0) is 15.3. The molecule has 0 atom stereocenters. The van der Waals surface area contributed by atoms with Crippen LogP contribution in [-0.4, -0.2) is 18.1 Å². The molecule has 0 amide bonds. The lowest BCUT2D eigenvalue weighted by Gasteiger charge is -2.32. The van der Waals surface area contributed by atoms with E-state index in [1.807, 2.05) is 19.9 Å². The van der Waals surface area contributed by atoms with E-state index in [4.69, 9.17) is 4.74 Å². The van der Waals surface area contributed by atoms with Crippen LogP contribution in [0.25, 0.3) is 0 Å². The molecule has 3 nitrogen and oxygen atoms in total. The Labute approximate surface area is 125 Å². The Kier molecular flexibility index (Phi) is 5.21. The second kappa shape index (κ2) is 6.92. The summed E-state index contributed by atoms with van der Waals surface area (Å²) in [5.74, 6) is -0.501. The number of hydrogen-bond acceptors (Lipinski definition) is 3. The van der Waals surface area contributed by atoms with Crippen LogP contribution in [0.15, 0.2) is 18.2 Å². The summed E-state index contributed by atoms with van der Waals surface area (Å²) in [5, 5.41) is 3.29. The number of ether oxygens (including phenoxy) is 1. The second-order valence-electron chi connectivity index (χ2n) is 5.86. The molecule has 4 heteroatoms. The standard InChI is InChI=1S/C17H24FNO2/c1-3-21-16(20)17(8-6-4-5-7-9-17)19-15-11-13(2)10-14(18)12-15/h10-12,19H,3-9H2,1-2H3. The minimum atomic E-state index is -0.716. The van der Waals surface area contributed by atoms with Crippen molar-refractivity contribution in [2.75, 3.05) is 11.9 Å². The topological polar surface area (TPSA) is 38.3 Å². The fourth-order valence-electron chi connectivity index (χ4n) is 3.07. The van der Waals surface area contributed by atoms with Crippen LogP contribution < -0.4 is 5.32 Å². The van der Waals surface area contributed by atoms with Crippen LogP contribution in [0.1, 0.15) is 51.0 Å². The first kappa shape index (κ1) is 15.8. The van der Waals surface area contributed by atoms with E-state index >= 15 is 0 Å². The molecule has 0 aliphatic heterocycles. The first-order chi connectivity index (χ1) is 10.1. The minimum absolute atomic E-state index is 0.214. The smallest absolute Gasteiger partial charge is 0.331 e. The van der Waals surface area contributed by atoms with Gasteiger partial charge in [0.25, 0.3) is 0 Å². The molecule has 0 heterocycles. The first-order valence-corrected chi connectivity index (χ1v) is 7.78. The average Bonchev–Trinajstić information content (AvgIpc) is 2.64. The molecule has 1 saturated carbocycles. The molecule has 0 unspecified atom stereocenters. The van der Waals surface area contributed by atoms with Crippen molar-refractivity contribution in [2.45, 2.75) is 57.9 Å². The fourth-order valence-corrected chi connectivity index (χ4v) is 3.07. The summed E-state index contributed by atoms with van der Waals surface area (Å²) in [6, 6.07) is 4.79. The maximum atomic E-state index is 13.6. The highest BCUT2D eigenvalue weighted by Gasteiger charge is 2.40. The Hall–Kier alpha value is -1.58. The molecule has 1 aliphatic carbocycles. The van der Waals surface area contributed by atoms with Gasteiger partial charge in [0, 0.05) is 5.69 Å². The predicted octanol–water partition coefficient (Wildman–Crippen LogP) is 4.20. The van der Waals surface area contributed by atoms with Crippen molar-refractivity contribution in [2.24, 2.45) is 0 Å². The number of benzene rings is 1. The highest BCUT2D eigenvalue weighted by Crippen LogP contribution is 2.32. The van der Waals surface area contributed by atoms with E-state index < -0.39 is 5.54 Å². The number of esters is 1. The average molecular weight is 293 g/mol. The quantitative estimate of drug-likeness (QED) is 0.668. The third-order valence-electron chi connectivity index (χ3n) is 4.05. The van der Waals surface area contributed by atoms with Gasteiger partial charge >= 0.3 is 5.97 Å². The van der Waals surface area contributed by atoms with Crippen LogP contribution in [0.2, 0.25) is 0 Å². The van der Waals surface area contributed by atoms with Gasteiger partial charge in [-0.25, -0.2) is 9.18 Å². The molecular formula is C17H24FNO2. The van der Waals surface area contributed by atoms with Crippen molar-refractivity contribution in [3.63, 3.8) is 0 Å². The molecule has 2 rings (SSSR count). The summed E-state index contributed by atoms with van der Waals surface area (Å²) in [5.41, 5.74) is 0.778. The molecular weight excluding hydrogens is 269 g/mol. The lowest BCUT2D eigenvalue weighted by molar-refractivity contribution is -0.149. The number of aryl methyl sites for hydroxylation is 1. The van der Waals surface area contributed by atoms with Crippen LogP contribution in [0.5, 0.6) is 0 Å². The zero-order valence-electron chi connectivity index (χ0n) is 12.9. The Morgan fingerprint density at radius 3 is 2.48 bits per heavy atom. The largest absolute Gasteiger partial charge is 0.464 e. The SMILES string of the molecule is CCOC(=O)C1(Nc2cc(C)cc(F)c2)CCCCCC1. The van der Waals surface area contributed by atoms with Gasteiger partial charge in [0.2, 0.25) is 0 Å². The lowest BCUT2D eigenvalue weighted by Crippen LogP contribution is -2.47. The van der Waals surface area contributed by atoms with Gasteiger partial charge in [0.05, 0.1) is 6.61 Å². The third-order valence-corrected chi connectivity index (χ3v) is 4.05. The minimum Gasteiger partial charge on any atom is -0.464 e. The Morgan fingerprint density at radius 2 is 1.90 bits per heavy atom. The van der Waals surface area contributed by atoms with E-state index in [2.05, 4.69) is 5.32 Å². The van der Waals surface area contributed by atoms with E-state index in [-0.39, 0.29) is 11.8 Å². The van der Waals surface area contributed by atoms with Gasteiger partial charge in [0.1, 0.15) is 11.4 Å². The van der Waals surface area contributed by atoms with Gasteiger partial charge in [-0.3, -0.25) is 0 Å². The summed E-state index contributed by atoms with van der Waals surface area (Å²) >= 11 is 0. The van der Waals surface area contributed by atoms with Gasteiger partial charge in [0.15, 0.2) is 0 Å². The number of carbonyl (C=O) groups is 1. The van der Waals surface area contributed by atoms with Crippen molar-refractivity contribution in [1.82, 2.24) is 0 Å². The molecule has 0 spiro atoms. The Balaban J connectivity index is 2.28. The zero-order valence-corrected chi connectivity index (χ0v) is 12.9. The van der Waals surface area contributed by atoms with Crippen LogP contribution in [0.3, 0.4) is 0 Å². The van der Waals surface area contributed by atoms with Gasteiger partial charge in [-0.1, -0.05) is 25.7 Å².